The molecular weight excluding hydrogens is 510 g/mol. The van der Waals surface area contributed by atoms with Gasteiger partial charge in [0, 0.05) is 43.2 Å². The van der Waals surface area contributed by atoms with E-state index in [2.05, 4.69) is 50.2 Å². The Morgan fingerprint density at radius 1 is 1.23 bits per heavy atom. The summed E-state index contributed by atoms with van der Waals surface area (Å²) in [6.45, 7) is 5.61. The molecule has 2 aromatic heterocycles. The lowest BCUT2D eigenvalue weighted by Crippen LogP contribution is -2.36. The van der Waals surface area contributed by atoms with E-state index in [9.17, 15) is 15.2 Å². The summed E-state index contributed by atoms with van der Waals surface area (Å²) in [7, 11) is 0. The minimum Gasteiger partial charge on any atom is -0.487 e. The van der Waals surface area contributed by atoms with E-state index in [4.69, 9.17) is 14.5 Å². The zero-order valence-corrected chi connectivity index (χ0v) is 22.3. The van der Waals surface area contributed by atoms with Gasteiger partial charge in [0.05, 0.1) is 31.0 Å². The molecule has 2 fully saturated rings. The third kappa shape index (κ3) is 5.15. The lowest BCUT2D eigenvalue weighted by Gasteiger charge is -2.28. The van der Waals surface area contributed by atoms with Crippen molar-refractivity contribution in [2.24, 2.45) is 0 Å². The summed E-state index contributed by atoms with van der Waals surface area (Å²) in [6, 6.07) is 10.6. The van der Waals surface area contributed by atoms with Gasteiger partial charge in [0.2, 0.25) is 0 Å². The van der Waals surface area contributed by atoms with Crippen LogP contribution in [0.25, 0.3) is 22.6 Å². The molecule has 3 aromatic rings. The van der Waals surface area contributed by atoms with Crippen LogP contribution in [0.4, 0.5) is 5.69 Å². The molecule has 3 atom stereocenters. The number of morpholine rings is 1. The number of anilines is 1. The number of aliphatic hydroxyl groups is 1. The smallest absolute Gasteiger partial charge is 0.251 e. The average molecular weight is 542 g/mol. The van der Waals surface area contributed by atoms with Crippen molar-refractivity contribution in [3.63, 3.8) is 0 Å². The van der Waals surface area contributed by atoms with E-state index < -0.39 is 6.10 Å². The molecule has 2 N–H and O–H groups in total. The SMILES string of the molecule is C[C@@H](O)C(=O)N1CC[C@@H](OC2=CCC(c3ncnc4nc(-c5ccc(N6CCOCC6)cc5)[nH]c34)C=C2C#N)C1. The summed E-state index contributed by atoms with van der Waals surface area (Å²) in [4.78, 5) is 33.1. The first-order valence-electron chi connectivity index (χ1n) is 13.6. The molecule has 206 valence electrons. The molecule has 0 saturated carbocycles. The van der Waals surface area contributed by atoms with Gasteiger partial charge in [0.15, 0.2) is 5.65 Å². The normalized spacial score (nSPS) is 22.0. The highest BCUT2D eigenvalue weighted by atomic mass is 16.5. The number of H-pyrrole nitrogens is 1. The zero-order chi connectivity index (χ0) is 27.6. The third-order valence-corrected chi connectivity index (χ3v) is 7.60. The Hall–Kier alpha value is -4.27. The average Bonchev–Trinajstić information content (AvgIpc) is 3.65. The number of nitrogens with zero attached hydrogens (tertiary/aromatic N) is 6. The molecule has 4 heterocycles. The van der Waals surface area contributed by atoms with Crippen molar-refractivity contribution < 1.29 is 19.4 Å². The Morgan fingerprint density at radius 3 is 2.77 bits per heavy atom. The van der Waals surface area contributed by atoms with Gasteiger partial charge in [-0.25, -0.2) is 15.0 Å². The molecule has 0 bridgehead atoms. The summed E-state index contributed by atoms with van der Waals surface area (Å²) in [5.74, 6) is 0.773. The Kier molecular flexibility index (Phi) is 7.19. The highest BCUT2D eigenvalue weighted by Crippen LogP contribution is 2.34. The van der Waals surface area contributed by atoms with E-state index in [1.165, 1.54) is 13.3 Å². The summed E-state index contributed by atoms with van der Waals surface area (Å²) in [5.41, 5.74) is 4.63. The lowest BCUT2D eigenvalue weighted by atomic mass is 9.92. The maximum absolute atomic E-state index is 12.1. The molecule has 0 radical (unpaired) electrons. The number of aliphatic hydroxyl groups excluding tert-OH is 1. The number of benzene rings is 1. The number of hydrogen-bond acceptors (Lipinski definition) is 9. The first kappa shape index (κ1) is 26.0. The molecule has 40 heavy (non-hydrogen) atoms. The topological polar surface area (TPSA) is 140 Å². The van der Waals surface area contributed by atoms with E-state index in [-0.39, 0.29) is 17.9 Å². The van der Waals surface area contributed by atoms with Gasteiger partial charge in [-0.1, -0.05) is 6.08 Å². The molecule has 6 rings (SSSR count). The molecular formula is C29H31N7O4. The zero-order valence-electron chi connectivity index (χ0n) is 22.3. The number of allylic oxidation sites excluding steroid dienone is 3. The molecule has 3 aliphatic rings. The van der Waals surface area contributed by atoms with Crippen LogP contribution in [0, 0.1) is 11.3 Å². The fourth-order valence-electron chi connectivity index (χ4n) is 5.47. The minimum atomic E-state index is -1.04. The standard InChI is InChI=1S/C29H31N7O4/c1-18(37)29(38)36-9-8-23(16-36)40-24-7-4-20(14-21(24)15-30)25-26-28(32-17-31-25)34-27(33-26)19-2-5-22(6-3-19)35-10-12-39-13-11-35/h2-3,5-7,14,17-18,20,23,37H,4,8-13,16H2,1H3,(H,31,32,33,34)/t18-,20?,23-/m1/s1. The van der Waals surface area contributed by atoms with Crippen LogP contribution in [0.1, 0.15) is 31.4 Å². The second-order valence-electron chi connectivity index (χ2n) is 10.3. The van der Waals surface area contributed by atoms with Crippen molar-refractivity contribution in [2.45, 2.75) is 37.9 Å². The highest BCUT2D eigenvalue weighted by molar-refractivity contribution is 5.80. The van der Waals surface area contributed by atoms with Crippen LogP contribution < -0.4 is 4.90 Å². The predicted octanol–water partition coefficient (Wildman–Crippen LogP) is 2.68. The number of nitrogens with one attached hydrogen (secondary N) is 1. The minimum absolute atomic E-state index is 0.151. The first-order valence-corrected chi connectivity index (χ1v) is 13.6. The quantitative estimate of drug-likeness (QED) is 0.482. The van der Waals surface area contributed by atoms with Crippen molar-refractivity contribution in [3.05, 3.63) is 59.8 Å². The van der Waals surface area contributed by atoms with Gasteiger partial charge in [-0.3, -0.25) is 4.79 Å². The van der Waals surface area contributed by atoms with Crippen molar-refractivity contribution >= 4 is 22.8 Å². The Balaban J connectivity index is 1.18. The van der Waals surface area contributed by atoms with Gasteiger partial charge in [0.25, 0.3) is 5.91 Å². The summed E-state index contributed by atoms with van der Waals surface area (Å²) < 4.78 is 11.6. The van der Waals surface area contributed by atoms with Crippen LogP contribution in [0.5, 0.6) is 0 Å². The number of amides is 1. The van der Waals surface area contributed by atoms with Gasteiger partial charge in [0.1, 0.15) is 41.7 Å². The van der Waals surface area contributed by atoms with E-state index in [1.54, 1.807) is 4.90 Å². The lowest BCUT2D eigenvalue weighted by molar-refractivity contribution is -0.138. The number of hydrogen-bond donors (Lipinski definition) is 2. The largest absolute Gasteiger partial charge is 0.487 e. The van der Waals surface area contributed by atoms with Gasteiger partial charge < -0.3 is 29.4 Å². The van der Waals surface area contributed by atoms with Crippen LogP contribution in [-0.4, -0.2) is 87.5 Å². The molecule has 1 aromatic carbocycles. The maximum Gasteiger partial charge on any atom is 0.251 e. The molecule has 1 amide bonds. The Bertz CT molecular complexity index is 1500. The summed E-state index contributed by atoms with van der Waals surface area (Å²) in [5, 5.41) is 19.5. The molecule has 2 aliphatic heterocycles. The fraction of sp³-hybridized carbons (Fsp3) is 0.414. The van der Waals surface area contributed by atoms with Crippen molar-refractivity contribution in [3.8, 4) is 17.5 Å². The Labute approximate surface area is 231 Å². The van der Waals surface area contributed by atoms with Crippen LogP contribution in [-0.2, 0) is 14.3 Å². The number of fused-ring (bicyclic) bond motifs is 1. The van der Waals surface area contributed by atoms with Gasteiger partial charge >= 0.3 is 0 Å². The number of carbonyl (C=O) groups is 1. The van der Waals surface area contributed by atoms with Crippen LogP contribution >= 0.6 is 0 Å². The first-order chi connectivity index (χ1) is 19.5. The predicted molar refractivity (Wildman–Crippen MR) is 147 cm³/mol. The molecule has 1 aliphatic carbocycles. The summed E-state index contributed by atoms with van der Waals surface area (Å²) >= 11 is 0. The van der Waals surface area contributed by atoms with E-state index in [0.29, 0.717) is 48.7 Å². The Morgan fingerprint density at radius 2 is 2.02 bits per heavy atom. The number of likely N-dealkylation sites (tertiary alicyclic amines) is 1. The van der Waals surface area contributed by atoms with Crippen LogP contribution in [0.15, 0.2) is 54.1 Å². The highest BCUT2D eigenvalue weighted by Gasteiger charge is 2.31. The summed E-state index contributed by atoms with van der Waals surface area (Å²) in [6.07, 6.45) is 5.28. The van der Waals surface area contributed by atoms with Crippen molar-refractivity contribution in [1.29, 1.82) is 5.26 Å². The van der Waals surface area contributed by atoms with Crippen molar-refractivity contribution in [2.75, 3.05) is 44.3 Å². The number of rotatable bonds is 6. The van der Waals surface area contributed by atoms with E-state index in [0.717, 1.165) is 48.8 Å². The van der Waals surface area contributed by atoms with Crippen LogP contribution in [0.3, 0.4) is 0 Å². The molecule has 11 nitrogen and oxygen atoms in total. The molecule has 0 spiro atoms. The van der Waals surface area contributed by atoms with E-state index in [1.807, 2.05) is 12.2 Å². The number of nitriles is 1. The number of aromatic nitrogens is 4. The third-order valence-electron chi connectivity index (χ3n) is 7.60. The van der Waals surface area contributed by atoms with Gasteiger partial charge in [-0.2, -0.15) is 5.26 Å². The second-order valence-corrected chi connectivity index (χ2v) is 10.3. The molecule has 1 unspecified atom stereocenters. The van der Waals surface area contributed by atoms with Crippen LogP contribution in [0.2, 0.25) is 0 Å². The maximum atomic E-state index is 12.1. The second kappa shape index (κ2) is 11.1. The number of carbonyl (C=O) groups excluding carboxylic acids is 1. The number of imidazole rings is 1. The molecule has 11 heteroatoms. The van der Waals surface area contributed by atoms with Gasteiger partial charge in [-0.05, 0) is 43.7 Å². The van der Waals surface area contributed by atoms with Gasteiger partial charge in [-0.15, -0.1) is 0 Å². The molecule has 2 saturated heterocycles. The van der Waals surface area contributed by atoms with Crippen molar-refractivity contribution in [1.82, 2.24) is 24.8 Å². The van der Waals surface area contributed by atoms with E-state index >= 15 is 0 Å². The number of ether oxygens (including phenoxy) is 2. The fourth-order valence-corrected chi connectivity index (χ4v) is 5.47. The monoisotopic (exact) mass is 541 g/mol. The number of aromatic amines is 1.